The summed E-state index contributed by atoms with van der Waals surface area (Å²) in [6, 6.07) is 14.1. The number of carbonyl (C=O) groups excluding carboxylic acids is 2. The highest BCUT2D eigenvalue weighted by atomic mass is 32.2. The molecule has 2 aromatic carbocycles. The van der Waals surface area contributed by atoms with Crippen LogP contribution in [0.3, 0.4) is 0 Å². The molecular formula is C22H23N5O4S2. The molecule has 0 aliphatic carbocycles. The summed E-state index contributed by atoms with van der Waals surface area (Å²) in [5, 5.41) is 11.6. The molecule has 11 heteroatoms. The van der Waals surface area contributed by atoms with Gasteiger partial charge in [0.25, 0.3) is 0 Å². The maximum Gasteiger partial charge on any atom is 0.248 e. The lowest BCUT2D eigenvalue weighted by Crippen LogP contribution is -2.45. The second-order valence-corrected chi connectivity index (χ2v) is 9.01. The molecule has 0 radical (unpaired) electrons. The van der Waals surface area contributed by atoms with Crippen LogP contribution in [0, 0.1) is 0 Å². The SMILES string of the molecule is COc1ccc(NC(=O)C2CSCN2C(=O)CSc2nncn2-c2ccc(OC)cc2)cc1. The Morgan fingerprint density at radius 2 is 1.76 bits per heavy atom. The van der Waals surface area contributed by atoms with Crippen LogP contribution >= 0.6 is 23.5 Å². The highest BCUT2D eigenvalue weighted by Gasteiger charge is 2.34. The average Bonchev–Trinajstić information content (AvgIpc) is 3.53. The Labute approximate surface area is 199 Å². The van der Waals surface area contributed by atoms with E-state index in [-0.39, 0.29) is 17.6 Å². The van der Waals surface area contributed by atoms with Crippen LogP contribution in [0.15, 0.2) is 60.0 Å². The molecule has 2 heterocycles. The van der Waals surface area contributed by atoms with Crippen molar-refractivity contribution in [1.82, 2.24) is 19.7 Å². The molecule has 0 bridgehead atoms. The quantitative estimate of drug-likeness (QED) is 0.487. The number of carbonyl (C=O) groups is 2. The Bertz CT molecular complexity index is 1100. The predicted molar refractivity (Wildman–Crippen MR) is 128 cm³/mol. The molecule has 1 fully saturated rings. The topological polar surface area (TPSA) is 98.6 Å². The van der Waals surface area contributed by atoms with Crippen LogP contribution in [0.5, 0.6) is 11.5 Å². The Balaban J connectivity index is 1.37. The molecule has 9 nitrogen and oxygen atoms in total. The number of thioether (sulfide) groups is 2. The molecule has 1 aliphatic heterocycles. The molecule has 1 saturated heterocycles. The van der Waals surface area contributed by atoms with Crippen molar-refractivity contribution >= 4 is 41.0 Å². The maximum atomic E-state index is 12.9. The first-order valence-electron chi connectivity index (χ1n) is 10.1. The number of anilines is 1. The Morgan fingerprint density at radius 3 is 2.42 bits per heavy atom. The van der Waals surface area contributed by atoms with Gasteiger partial charge in [0, 0.05) is 17.1 Å². The van der Waals surface area contributed by atoms with E-state index in [2.05, 4.69) is 15.5 Å². The van der Waals surface area contributed by atoms with Gasteiger partial charge in [-0.3, -0.25) is 14.2 Å². The van der Waals surface area contributed by atoms with E-state index in [0.717, 1.165) is 11.4 Å². The zero-order valence-electron chi connectivity index (χ0n) is 18.1. The molecule has 4 rings (SSSR count). The molecule has 1 N–H and O–H groups in total. The molecule has 2 amide bonds. The van der Waals surface area contributed by atoms with Gasteiger partial charge in [-0.25, -0.2) is 0 Å². The van der Waals surface area contributed by atoms with Gasteiger partial charge in [-0.1, -0.05) is 11.8 Å². The highest BCUT2D eigenvalue weighted by Crippen LogP contribution is 2.26. The van der Waals surface area contributed by atoms with E-state index in [1.54, 1.807) is 61.5 Å². The summed E-state index contributed by atoms with van der Waals surface area (Å²) < 4.78 is 12.1. The van der Waals surface area contributed by atoms with Gasteiger partial charge in [-0.15, -0.1) is 22.0 Å². The lowest BCUT2D eigenvalue weighted by Gasteiger charge is -2.23. The number of rotatable bonds is 8. The van der Waals surface area contributed by atoms with Crippen LogP contribution in [0.2, 0.25) is 0 Å². The summed E-state index contributed by atoms with van der Waals surface area (Å²) in [7, 11) is 3.20. The maximum absolute atomic E-state index is 12.9. The fraction of sp³-hybridized carbons (Fsp3) is 0.273. The van der Waals surface area contributed by atoms with Crippen LogP contribution < -0.4 is 14.8 Å². The molecule has 1 unspecified atom stereocenters. The van der Waals surface area contributed by atoms with Crippen LogP contribution in [0.4, 0.5) is 5.69 Å². The van der Waals surface area contributed by atoms with Crippen molar-refractivity contribution in [3.63, 3.8) is 0 Å². The first-order chi connectivity index (χ1) is 16.1. The first kappa shape index (κ1) is 23.0. The number of aromatic nitrogens is 3. The second-order valence-electron chi connectivity index (χ2n) is 7.07. The number of hydrogen-bond donors (Lipinski definition) is 1. The molecular weight excluding hydrogens is 462 g/mol. The smallest absolute Gasteiger partial charge is 0.248 e. The minimum absolute atomic E-state index is 0.121. The Kier molecular flexibility index (Phi) is 7.40. The Morgan fingerprint density at radius 1 is 1.09 bits per heavy atom. The van der Waals surface area contributed by atoms with Crippen molar-refractivity contribution in [2.45, 2.75) is 11.2 Å². The summed E-state index contributed by atoms with van der Waals surface area (Å²) in [6.45, 7) is 0. The van der Waals surface area contributed by atoms with E-state index < -0.39 is 6.04 Å². The summed E-state index contributed by atoms with van der Waals surface area (Å²) in [4.78, 5) is 27.4. The third kappa shape index (κ3) is 5.42. The van der Waals surface area contributed by atoms with Crippen molar-refractivity contribution in [1.29, 1.82) is 0 Å². The number of ether oxygens (including phenoxy) is 2. The molecule has 172 valence electrons. The summed E-state index contributed by atoms with van der Waals surface area (Å²) >= 11 is 2.85. The summed E-state index contributed by atoms with van der Waals surface area (Å²) in [5.41, 5.74) is 1.52. The van der Waals surface area contributed by atoms with Gasteiger partial charge < -0.3 is 19.7 Å². The number of hydrogen-bond acceptors (Lipinski definition) is 8. The minimum atomic E-state index is -0.523. The number of methoxy groups -OCH3 is 2. The zero-order valence-corrected chi connectivity index (χ0v) is 19.8. The molecule has 1 atom stereocenters. The minimum Gasteiger partial charge on any atom is -0.497 e. The van der Waals surface area contributed by atoms with Crippen LogP contribution in [-0.2, 0) is 9.59 Å². The van der Waals surface area contributed by atoms with Gasteiger partial charge in [0.05, 0.1) is 25.8 Å². The van der Waals surface area contributed by atoms with Crippen molar-refractivity contribution in [3.8, 4) is 17.2 Å². The largest absolute Gasteiger partial charge is 0.497 e. The average molecular weight is 486 g/mol. The molecule has 33 heavy (non-hydrogen) atoms. The highest BCUT2D eigenvalue weighted by molar-refractivity contribution is 8.00. The van der Waals surface area contributed by atoms with E-state index in [4.69, 9.17) is 9.47 Å². The van der Waals surface area contributed by atoms with Crippen LogP contribution in [-0.4, -0.2) is 69.1 Å². The fourth-order valence-electron chi connectivity index (χ4n) is 3.26. The number of amides is 2. The van der Waals surface area contributed by atoms with Crippen LogP contribution in [0.1, 0.15) is 0 Å². The van der Waals surface area contributed by atoms with Crippen LogP contribution in [0.25, 0.3) is 5.69 Å². The lowest BCUT2D eigenvalue weighted by atomic mass is 10.2. The third-order valence-corrected chi connectivity index (χ3v) is 6.99. The fourth-order valence-corrected chi connectivity index (χ4v) is 5.25. The molecule has 1 aromatic heterocycles. The normalized spacial score (nSPS) is 15.3. The van der Waals surface area contributed by atoms with Gasteiger partial charge in [-0.05, 0) is 48.5 Å². The van der Waals surface area contributed by atoms with Crippen molar-refractivity contribution < 1.29 is 19.1 Å². The van der Waals surface area contributed by atoms with Gasteiger partial charge in [-0.2, -0.15) is 0 Å². The number of nitrogens with zero attached hydrogens (tertiary/aromatic N) is 4. The van der Waals surface area contributed by atoms with Crippen molar-refractivity contribution in [2.75, 3.05) is 36.9 Å². The van der Waals surface area contributed by atoms with E-state index in [1.807, 2.05) is 28.8 Å². The first-order valence-corrected chi connectivity index (χ1v) is 12.2. The van der Waals surface area contributed by atoms with Gasteiger partial charge in [0.2, 0.25) is 11.8 Å². The number of nitrogens with one attached hydrogen (secondary N) is 1. The standard InChI is InChI=1S/C22H23N5O4S2/c1-30-17-7-3-15(4-8-17)24-21(29)19-11-32-14-27(19)20(28)12-33-22-25-23-13-26(22)16-5-9-18(31-2)10-6-16/h3-10,13,19H,11-12,14H2,1-2H3,(H,24,29). The van der Waals surface area contributed by atoms with Crippen molar-refractivity contribution in [3.05, 3.63) is 54.9 Å². The number of benzene rings is 2. The molecule has 0 saturated carbocycles. The third-order valence-electron chi connectivity index (χ3n) is 5.05. The molecule has 0 spiro atoms. The van der Waals surface area contributed by atoms with Gasteiger partial charge >= 0.3 is 0 Å². The van der Waals surface area contributed by atoms with E-state index in [9.17, 15) is 9.59 Å². The monoisotopic (exact) mass is 485 g/mol. The predicted octanol–water partition coefficient (Wildman–Crippen LogP) is 2.92. The molecule has 3 aromatic rings. The summed E-state index contributed by atoms with van der Waals surface area (Å²) in [6.07, 6.45) is 1.60. The van der Waals surface area contributed by atoms with Gasteiger partial charge in [0.1, 0.15) is 23.9 Å². The van der Waals surface area contributed by atoms with E-state index >= 15 is 0 Å². The zero-order chi connectivity index (χ0) is 23.2. The Hall–Kier alpha value is -3.18. The van der Waals surface area contributed by atoms with Gasteiger partial charge in [0.15, 0.2) is 5.16 Å². The van der Waals surface area contributed by atoms with E-state index in [1.165, 1.54) is 11.8 Å². The second kappa shape index (κ2) is 10.6. The van der Waals surface area contributed by atoms with E-state index in [0.29, 0.717) is 28.2 Å². The van der Waals surface area contributed by atoms with Crippen molar-refractivity contribution in [2.24, 2.45) is 0 Å². The molecule has 1 aliphatic rings. The summed E-state index contributed by atoms with van der Waals surface area (Å²) in [5.74, 6) is 2.32. The lowest BCUT2D eigenvalue weighted by molar-refractivity contribution is -0.134.